The largest absolute Gasteiger partial charge is 0.323 e. The highest BCUT2D eigenvalue weighted by molar-refractivity contribution is 6.44. The van der Waals surface area contributed by atoms with Gasteiger partial charge in [-0.2, -0.15) is 0 Å². The average Bonchev–Trinajstić information content (AvgIpc) is 2.52. The van der Waals surface area contributed by atoms with Crippen LogP contribution < -0.4 is 10.6 Å². The molecule has 2 aromatic rings. The maximum absolute atomic E-state index is 12.3. The second kappa shape index (κ2) is 7.91. The highest BCUT2D eigenvalue weighted by Gasteiger charge is 2.12. The van der Waals surface area contributed by atoms with Crippen molar-refractivity contribution < 1.29 is 4.79 Å². The Labute approximate surface area is 150 Å². The van der Waals surface area contributed by atoms with Crippen molar-refractivity contribution in [2.75, 3.05) is 10.6 Å². The molecule has 0 spiro atoms. The molecule has 6 heteroatoms. The van der Waals surface area contributed by atoms with Crippen LogP contribution in [0.25, 0.3) is 0 Å². The van der Waals surface area contributed by atoms with Crippen molar-refractivity contribution >= 4 is 52.2 Å². The smallest absolute Gasteiger partial charge is 0.307 e. The number of urea groups is 1. The standard InChI is InChI=1S/C17H17Cl3N2O/c1-3-10-6-5-7-11(4-2)16(10)22-17(23)21-15-9-13(19)12(18)8-14(15)20/h5-9H,3-4H2,1-2H3,(H2,21,22,23). The van der Waals surface area contributed by atoms with Gasteiger partial charge in [0.25, 0.3) is 0 Å². The number of carbonyl (C=O) groups excluding carboxylic acids is 1. The zero-order valence-electron chi connectivity index (χ0n) is 12.8. The molecule has 0 atom stereocenters. The van der Waals surface area contributed by atoms with Crippen molar-refractivity contribution in [2.24, 2.45) is 0 Å². The van der Waals surface area contributed by atoms with E-state index in [1.165, 1.54) is 12.1 Å². The van der Waals surface area contributed by atoms with Crippen LogP contribution in [0.3, 0.4) is 0 Å². The summed E-state index contributed by atoms with van der Waals surface area (Å²) < 4.78 is 0. The lowest BCUT2D eigenvalue weighted by atomic mass is 10.0. The lowest BCUT2D eigenvalue weighted by Crippen LogP contribution is -2.21. The zero-order valence-corrected chi connectivity index (χ0v) is 15.1. The first-order valence-corrected chi connectivity index (χ1v) is 8.43. The lowest BCUT2D eigenvalue weighted by molar-refractivity contribution is 0.262. The van der Waals surface area contributed by atoms with Gasteiger partial charge in [0.2, 0.25) is 0 Å². The van der Waals surface area contributed by atoms with E-state index in [0.29, 0.717) is 20.8 Å². The fraction of sp³-hybridized carbons (Fsp3) is 0.235. The van der Waals surface area contributed by atoms with Crippen LogP contribution in [0, 0.1) is 0 Å². The van der Waals surface area contributed by atoms with Gasteiger partial charge in [-0.3, -0.25) is 0 Å². The third-order valence-corrected chi connectivity index (χ3v) is 4.53. The molecule has 2 N–H and O–H groups in total. The van der Waals surface area contributed by atoms with Gasteiger partial charge < -0.3 is 10.6 Å². The Balaban J connectivity index is 2.22. The van der Waals surface area contributed by atoms with Crippen LogP contribution in [0.4, 0.5) is 16.2 Å². The predicted octanol–water partition coefficient (Wildman–Crippen LogP) is 6.42. The number of carbonyl (C=O) groups is 1. The highest BCUT2D eigenvalue weighted by atomic mass is 35.5. The number of aryl methyl sites for hydroxylation is 2. The Kier molecular flexibility index (Phi) is 6.17. The number of rotatable bonds is 4. The van der Waals surface area contributed by atoms with E-state index in [1.54, 1.807) is 0 Å². The van der Waals surface area contributed by atoms with Crippen LogP contribution in [0.1, 0.15) is 25.0 Å². The van der Waals surface area contributed by atoms with Crippen LogP contribution in [0.2, 0.25) is 15.1 Å². The molecular formula is C17H17Cl3N2O. The summed E-state index contributed by atoms with van der Waals surface area (Å²) in [5, 5.41) is 6.61. The molecule has 0 aliphatic heterocycles. The van der Waals surface area contributed by atoms with Crippen LogP contribution >= 0.6 is 34.8 Å². The van der Waals surface area contributed by atoms with Crippen molar-refractivity contribution in [3.8, 4) is 0 Å². The van der Waals surface area contributed by atoms with E-state index in [1.807, 2.05) is 32.0 Å². The molecule has 0 unspecified atom stereocenters. The van der Waals surface area contributed by atoms with E-state index in [2.05, 4.69) is 10.6 Å². The molecule has 0 saturated heterocycles. The predicted molar refractivity (Wildman–Crippen MR) is 99.3 cm³/mol. The Morgan fingerprint density at radius 3 is 2.04 bits per heavy atom. The maximum atomic E-state index is 12.3. The summed E-state index contributed by atoms with van der Waals surface area (Å²) in [4.78, 5) is 12.3. The third kappa shape index (κ3) is 4.31. The summed E-state index contributed by atoms with van der Waals surface area (Å²) >= 11 is 17.9. The van der Waals surface area contributed by atoms with E-state index in [9.17, 15) is 4.79 Å². The first-order chi connectivity index (χ1) is 11.0. The summed E-state index contributed by atoms with van der Waals surface area (Å²) in [5.74, 6) is 0. The summed E-state index contributed by atoms with van der Waals surface area (Å²) in [6, 6.07) is 8.65. The van der Waals surface area contributed by atoms with Gasteiger partial charge in [-0.05, 0) is 36.1 Å². The van der Waals surface area contributed by atoms with Gasteiger partial charge in [-0.15, -0.1) is 0 Å². The van der Waals surface area contributed by atoms with Gasteiger partial charge in [0.1, 0.15) is 0 Å². The first kappa shape index (κ1) is 17.9. The molecule has 0 radical (unpaired) electrons. The molecule has 0 aliphatic carbocycles. The van der Waals surface area contributed by atoms with Gasteiger partial charge in [-0.25, -0.2) is 4.79 Å². The van der Waals surface area contributed by atoms with E-state index < -0.39 is 0 Å². The van der Waals surface area contributed by atoms with E-state index >= 15 is 0 Å². The molecule has 2 rings (SSSR count). The monoisotopic (exact) mass is 370 g/mol. The van der Waals surface area contributed by atoms with E-state index in [4.69, 9.17) is 34.8 Å². The second-order valence-corrected chi connectivity index (χ2v) is 6.21. The summed E-state index contributed by atoms with van der Waals surface area (Å²) in [6.07, 6.45) is 1.66. The van der Waals surface area contributed by atoms with Crippen LogP contribution in [-0.2, 0) is 12.8 Å². The highest BCUT2D eigenvalue weighted by Crippen LogP contribution is 2.32. The minimum Gasteiger partial charge on any atom is -0.307 e. The normalized spacial score (nSPS) is 10.5. The molecule has 0 aromatic heterocycles. The Bertz CT molecular complexity index is 710. The number of benzene rings is 2. The molecule has 2 aromatic carbocycles. The van der Waals surface area contributed by atoms with E-state index in [-0.39, 0.29) is 6.03 Å². The SMILES string of the molecule is CCc1cccc(CC)c1NC(=O)Nc1cc(Cl)c(Cl)cc1Cl. The average molecular weight is 372 g/mol. The lowest BCUT2D eigenvalue weighted by Gasteiger charge is -2.15. The maximum Gasteiger partial charge on any atom is 0.323 e. The molecule has 0 bridgehead atoms. The number of hydrogen-bond donors (Lipinski definition) is 2. The number of hydrogen-bond acceptors (Lipinski definition) is 1. The Morgan fingerprint density at radius 2 is 1.48 bits per heavy atom. The quantitative estimate of drug-likeness (QED) is 0.598. The minimum atomic E-state index is -0.374. The van der Waals surface area contributed by atoms with Gasteiger partial charge >= 0.3 is 6.03 Å². The van der Waals surface area contributed by atoms with Crippen molar-refractivity contribution in [3.63, 3.8) is 0 Å². The van der Waals surface area contributed by atoms with Crippen LogP contribution in [0.5, 0.6) is 0 Å². The molecule has 0 saturated carbocycles. The van der Waals surface area contributed by atoms with E-state index in [0.717, 1.165) is 29.7 Å². The summed E-state index contributed by atoms with van der Waals surface area (Å²) in [6.45, 7) is 4.10. The number of anilines is 2. The van der Waals surface area contributed by atoms with Crippen molar-refractivity contribution in [2.45, 2.75) is 26.7 Å². The minimum absolute atomic E-state index is 0.328. The number of para-hydroxylation sites is 1. The number of halogens is 3. The number of nitrogens with one attached hydrogen (secondary N) is 2. The van der Waals surface area contributed by atoms with Gasteiger partial charge in [-0.1, -0.05) is 66.8 Å². The van der Waals surface area contributed by atoms with Crippen molar-refractivity contribution in [3.05, 3.63) is 56.5 Å². The molecule has 122 valence electrons. The zero-order chi connectivity index (χ0) is 17.0. The molecular weight excluding hydrogens is 355 g/mol. The number of amides is 2. The molecule has 0 heterocycles. The topological polar surface area (TPSA) is 41.1 Å². The molecule has 2 amide bonds. The van der Waals surface area contributed by atoms with Crippen LogP contribution in [0.15, 0.2) is 30.3 Å². The van der Waals surface area contributed by atoms with Crippen molar-refractivity contribution in [1.29, 1.82) is 0 Å². The molecule has 0 fully saturated rings. The Morgan fingerprint density at radius 1 is 0.913 bits per heavy atom. The summed E-state index contributed by atoms with van der Waals surface area (Å²) in [7, 11) is 0. The van der Waals surface area contributed by atoms with Gasteiger partial charge in [0.15, 0.2) is 0 Å². The molecule has 23 heavy (non-hydrogen) atoms. The van der Waals surface area contributed by atoms with Crippen molar-refractivity contribution in [1.82, 2.24) is 0 Å². The fourth-order valence-corrected chi connectivity index (χ4v) is 2.88. The second-order valence-electron chi connectivity index (χ2n) is 4.98. The first-order valence-electron chi connectivity index (χ1n) is 7.29. The molecule has 3 nitrogen and oxygen atoms in total. The van der Waals surface area contributed by atoms with Crippen LogP contribution in [-0.4, -0.2) is 6.03 Å². The van der Waals surface area contributed by atoms with Gasteiger partial charge in [0.05, 0.1) is 20.8 Å². The summed E-state index contributed by atoms with van der Waals surface area (Å²) in [5.41, 5.74) is 3.41. The Hall–Kier alpha value is -1.42. The third-order valence-electron chi connectivity index (χ3n) is 3.50. The fourth-order valence-electron chi connectivity index (χ4n) is 2.29. The molecule has 0 aliphatic rings. The van der Waals surface area contributed by atoms with Gasteiger partial charge in [0, 0.05) is 5.69 Å².